The molecule has 140 valence electrons. The minimum absolute atomic E-state index is 0.396. The molecule has 4 aromatic rings. The van der Waals surface area contributed by atoms with Gasteiger partial charge in [-0.05, 0) is 29.6 Å². The number of hydrogen-bond donors (Lipinski definition) is 1. The fourth-order valence-corrected chi connectivity index (χ4v) is 4.19. The molecule has 28 heavy (non-hydrogen) atoms. The summed E-state index contributed by atoms with van der Waals surface area (Å²) in [6.45, 7) is 0. The monoisotopic (exact) mass is 446 g/mol. The van der Waals surface area contributed by atoms with Crippen molar-refractivity contribution in [2.24, 2.45) is 5.10 Å². The van der Waals surface area contributed by atoms with Gasteiger partial charge in [0.15, 0.2) is 0 Å². The Kier molecular flexibility index (Phi) is 5.69. The minimum Gasteiger partial charge on any atom is -0.275 e. The molecule has 0 unspecified atom stereocenters. The summed E-state index contributed by atoms with van der Waals surface area (Å²) in [4.78, 5) is 0. The van der Waals surface area contributed by atoms with Crippen LogP contribution in [0, 0.1) is 0 Å². The maximum Gasteiger partial charge on any atom is 0.117 e. The molecule has 0 saturated heterocycles. The maximum atomic E-state index is 6.20. The zero-order valence-corrected chi connectivity index (χ0v) is 17.4. The van der Waals surface area contributed by atoms with E-state index in [2.05, 4.69) is 10.5 Å². The first kappa shape index (κ1) is 19.0. The van der Waals surface area contributed by atoms with Crippen molar-refractivity contribution in [1.29, 1.82) is 0 Å². The fourth-order valence-electron chi connectivity index (χ4n) is 2.63. The van der Waals surface area contributed by atoms with Gasteiger partial charge < -0.3 is 0 Å². The van der Waals surface area contributed by atoms with Crippen LogP contribution in [-0.4, -0.2) is 16.0 Å². The van der Waals surface area contributed by atoms with Crippen molar-refractivity contribution in [1.82, 2.24) is 9.78 Å². The van der Waals surface area contributed by atoms with Gasteiger partial charge in [-0.1, -0.05) is 65.1 Å². The minimum atomic E-state index is 0.396. The van der Waals surface area contributed by atoms with E-state index < -0.39 is 0 Å². The average molecular weight is 448 g/mol. The summed E-state index contributed by atoms with van der Waals surface area (Å²) in [6, 6.07) is 17.2. The standard InChI is InChI=1S/C20H13Cl3N4S/c21-15-9-16(22)20(17(23)10-15)25-24-11-14-12-27(18-7-4-8-28-18)26-19(14)13-5-2-1-3-6-13/h1-12,25H/b24-11+. The van der Waals surface area contributed by atoms with Crippen molar-refractivity contribution in [2.45, 2.75) is 0 Å². The number of halogens is 3. The number of thiophene rings is 1. The van der Waals surface area contributed by atoms with Crippen LogP contribution < -0.4 is 5.43 Å². The highest BCUT2D eigenvalue weighted by atomic mass is 35.5. The van der Waals surface area contributed by atoms with E-state index in [1.807, 2.05) is 58.7 Å². The largest absolute Gasteiger partial charge is 0.275 e. The molecule has 1 N–H and O–H groups in total. The zero-order chi connectivity index (χ0) is 19.5. The van der Waals surface area contributed by atoms with Gasteiger partial charge in [-0.25, -0.2) is 4.68 Å². The maximum absolute atomic E-state index is 6.20. The van der Waals surface area contributed by atoms with Crippen molar-refractivity contribution < 1.29 is 0 Å². The Bertz CT molecular complexity index is 1100. The second-order valence-corrected chi connectivity index (χ2v) is 7.99. The number of anilines is 1. The van der Waals surface area contributed by atoms with Gasteiger partial charge in [-0.3, -0.25) is 5.43 Å². The molecule has 0 atom stereocenters. The number of aromatic nitrogens is 2. The number of hydrogen-bond acceptors (Lipinski definition) is 4. The van der Waals surface area contributed by atoms with Crippen LogP contribution in [0.1, 0.15) is 5.56 Å². The summed E-state index contributed by atoms with van der Waals surface area (Å²) < 4.78 is 1.84. The predicted octanol–water partition coefficient (Wildman–Crippen LogP) is 7.01. The third-order valence-electron chi connectivity index (χ3n) is 3.91. The van der Waals surface area contributed by atoms with Crippen molar-refractivity contribution in [3.05, 3.63) is 86.8 Å². The molecular weight excluding hydrogens is 435 g/mol. The van der Waals surface area contributed by atoms with Crippen LogP contribution in [0.25, 0.3) is 16.3 Å². The molecule has 0 radical (unpaired) electrons. The molecule has 0 fully saturated rings. The molecule has 0 amide bonds. The van der Waals surface area contributed by atoms with Crippen LogP contribution in [0.3, 0.4) is 0 Å². The van der Waals surface area contributed by atoms with Gasteiger partial charge in [0.2, 0.25) is 0 Å². The first-order chi connectivity index (χ1) is 13.6. The molecule has 0 bridgehead atoms. The van der Waals surface area contributed by atoms with E-state index in [1.54, 1.807) is 29.7 Å². The number of rotatable bonds is 5. The molecule has 2 aromatic heterocycles. The Morgan fingerprint density at radius 2 is 1.75 bits per heavy atom. The smallest absolute Gasteiger partial charge is 0.117 e. The number of nitrogens with zero attached hydrogens (tertiary/aromatic N) is 3. The van der Waals surface area contributed by atoms with E-state index in [0.29, 0.717) is 20.8 Å². The average Bonchev–Trinajstić information content (AvgIpc) is 3.34. The molecular formula is C20H13Cl3N4S. The van der Waals surface area contributed by atoms with Gasteiger partial charge in [0.25, 0.3) is 0 Å². The van der Waals surface area contributed by atoms with E-state index in [9.17, 15) is 0 Å². The van der Waals surface area contributed by atoms with E-state index >= 15 is 0 Å². The molecule has 2 heterocycles. The number of benzene rings is 2. The summed E-state index contributed by atoms with van der Waals surface area (Å²) in [5.74, 6) is 0. The normalized spacial score (nSPS) is 11.2. The molecule has 8 heteroatoms. The molecule has 4 nitrogen and oxygen atoms in total. The Balaban J connectivity index is 1.68. The SMILES string of the molecule is Clc1cc(Cl)c(N/N=C/c2cn(-c3cccs3)nc2-c2ccccc2)c(Cl)c1. The van der Waals surface area contributed by atoms with Crippen molar-refractivity contribution in [2.75, 3.05) is 5.43 Å². The summed E-state index contributed by atoms with van der Waals surface area (Å²) in [6.07, 6.45) is 3.63. The van der Waals surface area contributed by atoms with E-state index in [1.165, 1.54) is 0 Å². The van der Waals surface area contributed by atoms with Crippen molar-refractivity contribution in [3.8, 4) is 16.3 Å². The molecule has 0 aliphatic rings. The molecule has 0 aliphatic carbocycles. The predicted molar refractivity (Wildman–Crippen MR) is 120 cm³/mol. The van der Waals surface area contributed by atoms with Gasteiger partial charge in [-0.2, -0.15) is 10.2 Å². The summed E-state index contributed by atoms with van der Waals surface area (Å²) in [7, 11) is 0. The van der Waals surface area contributed by atoms with Crippen molar-refractivity contribution >= 4 is 58.0 Å². The first-order valence-electron chi connectivity index (χ1n) is 8.24. The zero-order valence-electron chi connectivity index (χ0n) is 14.3. The lowest BCUT2D eigenvalue weighted by molar-refractivity contribution is 0.901. The van der Waals surface area contributed by atoms with Gasteiger partial charge in [-0.15, -0.1) is 11.3 Å². The van der Waals surface area contributed by atoms with Gasteiger partial charge >= 0.3 is 0 Å². The third-order valence-corrected chi connectivity index (χ3v) is 5.58. The van der Waals surface area contributed by atoms with Crippen LogP contribution in [0.15, 0.2) is 71.3 Å². The second kappa shape index (κ2) is 8.37. The van der Waals surface area contributed by atoms with E-state index in [-0.39, 0.29) is 0 Å². The topological polar surface area (TPSA) is 42.2 Å². The van der Waals surface area contributed by atoms with Crippen LogP contribution in [0.4, 0.5) is 5.69 Å². The van der Waals surface area contributed by atoms with Gasteiger partial charge in [0, 0.05) is 22.3 Å². The Hall–Kier alpha value is -2.31. The molecule has 0 spiro atoms. The van der Waals surface area contributed by atoms with Crippen LogP contribution in [-0.2, 0) is 0 Å². The molecule has 2 aromatic carbocycles. The lowest BCUT2D eigenvalue weighted by Crippen LogP contribution is -1.93. The van der Waals surface area contributed by atoms with Crippen LogP contribution >= 0.6 is 46.1 Å². The number of nitrogens with one attached hydrogen (secondary N) is 1. The quantitative estimate of drug-likeness (QED) is 0.264. The van der Waals surface area contributed by atoms with Gasteiger partial charge in [0.1, 0.15) is 10.7 Å². The van der Waals surface area contributed by atoms with Gasteiger partial charge in [0.05, 0.1) is 21.9 Å². The highest BCUT2D eigenvalue weighted by molar-refractivity contribution is 7.12. The lowest BCUT2D eigenvalue weighted by atomic mass is 10.1. The third kappa shape index (κ3) is 4.08. The molecule has 0 aliphatic heterocycles. The van der Waals surface area contributed by atoms with E-state index in [0.717, 1.165) is 21.8 Å². The summed E-state index contributed by atoms with van der Waals surface area (Å²) >= 11 is 19.9. The summed E-state index contributed by atoms with van der Waals surface area (Å²) in [5.41, 5.74) is 6.07. The first-order valence-corrected chi connectivity index (χ1v) is 10.3. The Morgan fingerprint density at radius 3 is 2.43 bits per heavy atom. The fraction of sp³-hybridized carbons (Fsp3) is 0. The van der Waals surface area contributed by atoms with E-state index in [4.69, 9.17) is 39.9 Å². The number of hydrazone groups is 1. The van der Waals surface area contributed by atoms with Crippen molar-refractivity contribution in [3.63, 3.8) is 0 Å². The highest BCUT2D eigenvalue weighted by Crippen LogP contribution is 2.33. The second-order valence-electron chi connectivity index (χ2n) is 5.81. The molecule has 4 rings (SSSR count). The lowest BCUT2D eigenvalue weighted by Gasteiger charge is -2.06. The van der Waals surface area contributed by atoms with Crippen LogP contribution in [0.2, 0.25) is 15.1 Å². The highest BCUT2D eigenvalue weighted by Gasteiger charge is 2.12. The summed E-state index contributed by atoms with van der Waals surface area (Å²) in [5, 5.41) is 13.3. The van der Waals surface area contributed by atoms with Crippen LogP contribution in [0.5, 0.6) is 0 Å². The molecule has 0 saturated carbocycles. The Labute approximate surface area is 181 Å². The Morgan fingerprint density at radius 1 is 1.00 bits per heavy atom.